The first-order valence-electron chi connectivity index (χ1n) is 13.9. The van der Waals surface area contributed by atoms with Crippen molar-refractivity contribution in [2.24, 2.45) is 0 Å². The Morgan fingerprint density at radius 3 is 2.55 bits per heavy atom. The molecule has 4 heterocycles. The van der Waals surface area contributed by atoms with E-state index in [1.54, 1.807) is 15.9 Å². The lowest BCUT2D eigenvalue weighted by molar-refractivity contribution is -0.125. The third-order valence-corrected chi connectivity index (χ3v) is 7.49. The molecule has 2 aromatic rings. The van der Waals surface area contributed by atoms with Gasteiger partial charge in [-0.1, -0.05) is 19.9 Å². The van der Waals surface area contributed by atoms with Gasteiger partial charge in [0.15, 0.2) is 17.3 Å². The zero-order chi connectivity index (χ0) is 26.8. The lowest BCUT2D eigenvalue weighted by atomic mass is 10.1. The highest BCUT2D eigenvalue weighted by atomic mass is 16.6. The van der Waals surface area contributed by atoms with E-state index in [1.807, 2.05) is 35.8 Å². The van der Waals surface area contributed by atoms with Crippen LogP contribution in [0.15, 0.2) is 18.3 Å². The summed E-state index contributed by atoms with van der Waals surface area (Å²) in [5.74, 6) is 2.40. The van der Waals surface area contributed by atoms with Crippen molar-refractivity contribution in [3.63, 3.8) is 0 Å². The quantitative estimate of drug-likeness (QED) is 0.525. The van der Waals surface area contributed by atoms with Crippen LogP contribution in [-0.2, 0) is 9.53 Å². The lowest BCUT2D eigenvalue weighted by Gasteiger charge is -2.32. The molecule has 3 fully saturated rings. The molecule has 5 rings (SSSR count). The van der Waals surface area contributed by atoms with Gasteiger partial charge in [-0.15, -0.1) is 0 Å². The van der Waals surface area contributed by atoms with Crippen LogP contribution in [-0.4, -0.2) is 105 Å². The minimum atomic E-state index is -0.291. The van der Waals surface area contributed by atoms with E-state index in [9.17, 15) is 9.59 Å². The Balaban J connectivity index is 1.13. The van der Waals surface area contributed by atoms with E-state index < -0.39 is 0 Å². The summed E-state index contributed by atoms with van der Waals surface area (Å²) in [4.78, 5) is 40.2. The molecular formula is C27H40N8O3. The van der Waals surface area contributed by atoms with E-state index >= 15 is 0 Å². The number of carbonyl (C=O) groups excluding carboxylic acids is 2. The molecule has 1 atom stereocenters. The summed E-state index contributed by atoms with van der Waals surface area (Å²) in [7, 11) is 3.92. The highest BCUT2D eigenvalue weighted by Gasteiger charge is 2.32. The molecule has 1 saturated carbocycles. The van der Waals surface area contributed by atoms with Gasteiger partial charge in [-0.2, -0.15) is 5.10 Å². The number of imidazole rings is 1. The first kappa shape index (κ1) is 26.4. The van der Waals surface area contributed by atoms with Crippen LogP contribution in [0, 0.1) is 0 Å². The monoisotopic (exact) mass is 524 g/mol. The molecule has 11 nitrogen and oxygen atoms in total. The fourth-order valence-corrected chi connectivity index (χ4v) is 5.03. The predicted molar refractivity (Wildman–Crippen MR) is 144 cm³/mol. The number of rotatable bonds is 8. The Labute approximate surface area is 224 Å². The average molecular weight is 525 g/mol. The van der Waals surface area contributed by atoms with Gasteiger partial charge < -0.3 is 24.8 Å². The minimum Gasteiger partial charge on any atom is -0.444 e. The summed E-state index contributed by atoms with van der Waals surface area (Å²) in [5.41, 5.74) is 1.85. The number of likely N-dealkylation sites (tertiary alicyclic amines) is 2. The van der Waals surface area contributed by atoms with Gasteiger partial charge in [0, 0.05) is 50.6 Å². The number of hydrogen-bond acceptors (Lipinski definition) is 8. The molecule has 1 N–H and O–H groups in total. The zero-order valence-corrected chi connectivity index (χ0v) is 23.0. The highest BCUT2D eigenvalue weighted by Crippen LogP contribution is 2.39. The van der Waals surface area contributed by atoms with E-state index in [2.05, 4.69) is 24.1 Å². The molecule has 11 heteroatoms. The van der Waals surface area contributed by atoms with Crippen LogP contribution in [0.3, 0.4) is 0 Å². The Morgan fingerprint density at radius 2 is 1.87 bits per heavy atom. The standard InChI is InChI=1S/C27H40N8O3/c1-18(2)22-16-28-26-25(30-24(19-7-8-19)31-35(22)26)29-20-9-13-33(14-10-20)27(37)38-21-11-15-34(17-21)23(36)6-5-12-32(3)4/h5-6,16,18-21H,7-15,17H2,1-4H3,(H,29,30,31)/b6-5+. The number of piperidine rings is 1. The smallest absolute Gasteiger partial charge is 0.410 e. The molecule has 1 aliphatic carbocycles. The molecule has 0 radical (unpaired) electrons. The second-order valence-electron chi connectivity index (χ2n) is 11.3. The van der Waals surface area contributed by atoms with Crippen molar-refractivity contribution in [1.29, 1.82) is 0 Å². The van der Waals surface area contributed by atoms with Crippen molar-refractivity contribution in [1.82, 2.24) is 34.3 Å². The number of hydrogen-bond donors (Lipinski definition) is 1. The highest BCUT2D eigenvalue weighted by molar-refractivity contribution is 5.87. The van der Waals surface area contributed by atoms with Crippen molar-refractivity contribution < 1.29 is 14.3 Å². The largest absolute Gasteiger partial charge is 0.444 e. The van der Waals surface area contributed by atoms with Gasteiger partial charge in [0.2, 0.25) is 5.91 Å². The van der Waals surface area contributed by atoms with E-state index in [0.29, 0.717) is 51.0 Å². The molecule has 206 valence electrons. The maximum atomic E-state index is 12.8. The van der Waals surface area contributed by atoms with E-state index in [1.165, 1.54) is 0 Å². The van der Waals surface area contributed by atoms with Gasteiger partial charge in [0.25, 0.3) is 0 Å². The minimum absolute atomic E-state index is 0.0287. The number of nitrogens with zero attached hydrogens (tertiary/aromatic N) is 7. The van der Waals surface area contributed by atoms with Gasteiger partial charge in [-0.25, -0.2) is 19.3 Å². The van der Waals surface area contributed by atoms with Gasteiger partial charge >= 0.3 is 6.09 Å². The second kappa shape index (κ2) is 11.3. The number of aromatic nitrogens is 4. The fraction of sp³-hybridized carbons (Fsp3) is 0.667. The van der Waals surface area contributed by atoms with Crippen molar-refractivity contribution in [3.8, 4) is 0 Å². The first-order valence-corrected chi connectivity index (χ1v) is 13.9. The molecule has 2 amide bonds. The zero-order valence-electron chi connectivity index (χ0n) is 23.0. The molecule has 2 aromatic heterocycles. The summed E-state index contributed by atoms with van der Waals surface area (Å²) in [6.07, 6.45) is 9.36. The molecule has 0 aromatic carbocycles. The summed E-state index contributed by atoms with van der Waals surface area (Å²) < 4.78 is 7.72. The predicted octanol–water partition coefficient (Wildman–Crippen LogP) is 2.86. The Kier molecular flexibility index (Phi) is 7.83. The Morgan fingerprint density at radius 1 is 1.13 bits per heavy atom. The summed E-state index contributed by atoms with van der Waals surface area (Å²) in [5, 5.41) is 8.40. The van der Waals surface area contributed by atoms with Gasteiger partial charge in [0.1, 0.15) is 6.10 Å². The summed E-state index contributed by atoms with van der Waals surface area (Å²) in [6.45, 7) is 7.29. The number of anilines is 1. The molecule has 2 saturated heterocycles. The first-order chi connectivity index (χ1) is 18.3. The average Bonchev–Trinajstić information content (AvgIpc) is 3.47. The molecule has 3 aliphatic rings. The lowest BCUT2D eigenvalue weighted by Crippen LogP contribution is -2.44. The van der Waals surface area contributed by atoms with Gasteiger partial charge in [-0.05, 0) is 45.7 Å². The number of ether oxygens (including phenoxy) is 1. The molecule has 0 bridgehead atoms. The third-order valence-electron chi connectivity index (χ3n) is 7.49. The van der Waals surface area contributed by atoms with Crippen molar-refractivity contribution in [3.05, 3.63) is 29.9 Å². The molecular weight excluding hydrogens is 484 g/mol. The van der Waals surface area contributed by atoms with Crippen LogP contribution in [0.2, 0.25) is 0 Å². The van der Waals surface area contributed by atoms with Gasteiger partial charge in [0.05, 0.1) is 18.4 Å². The van der Waals surface area contributed by atoms with Crippen LogP contribution in [0.25, 0.3) is 5.65 Å². The van der Waals surface area contributed by atoms with Crippen LogP contribution < -0.4 is 5.32 Å². The normalized spacial score (nSPS) is 20.8. The fourth-order valence-electron chi connectivity index (χ4n) is 5.03. The maximum Gasteiger partial charge on any atom is 0.410 e. The van der Waals surface area contributed by atoms with E-state index in [0.717, 1.165) is 48.7 Å². The summed E-state index contributed by atoms with van der Waals surface area (Å²) >= 11 is 0. The van der Waals surface area contributed by atoms with Crippen LogP contribution in [0.4, 0.5) is 10.6 Å². The summed E-state index contributed by atoms with van der Waals surface area (Å²) in [6, 6.07) is 0.192. The molecule has 1 unspecified atom stereocenters. The van der Waals surface area contributed by atoms with Crippen molar-refractivity contribution in [2.75, 3.05) is 52.1 Å². The third kappa shape index (κ3) is 6.09. The van der Waals surface area contributed by atoms with E-state index in [-0.39, 0.29) is 24.1 Å². The van der Waals surface area contributed by atoms with Crippen LogP contribution >= 0.6 is 0 Å². The number of nitrogens with one attached hydrogen (secondary N) is 1. The number of amides is 2. The number of likely N-dealkylation sites (N-methyl/N-ethyl adjacent to an activating group) is 1. The van der Waals surface area contributed by atoms with E-state index in [4.69, 9.17) is 14.8 Å². The van der Waals surface area contributed by atoms with Gasteiger partial charge in [-0.3, -0.25) is 4.79 Å². The van der Waals surface area contributed by atoms with Crippen LogP contribution in [0.1, 0.15) is 69.3 Å². The Bertz CT molecular complexity index is 1180. The molecule has 2 aliphatic heterocycles. The maximum absolute atomic E-state index is 12.8. The van der Waals surface area contributed by atoms with Crippen LogP contribution in [0.5, 0.6) is 0 Å². The second-order valence-corrected chi connectivity index (χ2v) is 11.3. The topological polar surface area (TPSA) is 108 Å². The number of carbonyl (C=O) groups is 2. The Hall–Kier alpha value is -3.21. The van der Waals surface area contributed by atoms with Crippen molar-refractivity contribution >= 4 is 23.5 Å². The number of fused-ring (bicyclic) bond motifs is 1. The molecule has 0 spiro atoms. The van der Waals surface area contributed by atoms with Crippen molar-refractivity contribution in [2.45, 2.75) is 69.9 Å². The SMILES string of the molecule is CC(C)c1cnc2c(NC3CCN(C(=O)OC4CCN(C(=O)/C=C/CN(C)C)C4)CC3)nc(C3CC3)nn12. The molecule has 38 heavy (non-hydrogen) atoms.